The number of hydrogen-bond acceptors (Lipinski definition) is 7. The van der Waals surface area contributed by atoms with Crippen LogP contribution in [0.1, 0.15) is 5.56 Å². The molecule has 2 N–H and O–H groups in total. The highest BCUT2D eigenvalue weighted by molar-refractivity contribution is 7.26. The van der Waals surface area contributed by atoms with Gasteiger partial charge in [-0.2, -0.15) is 0 Å². The molecule has 2 aromatic heterocycles. The third kappa shape index (κ3) is 4.00. The highest BCUT2D eigenvalue weighted by Gasteiger charge is 2.20. The zero-order valence-corrected chi connectivity index (χ0v) is 20.1. The lowest BCUT2D eigenvalue weighted by Crippen LogP contribution is -2.36. The fourth-order valence-electron chi connectivity index (χ4n) is 4.87. The maximum Gasteiger partial charge on any atom is 0.200 e. The van der Waals surface area contributed by atoms with Gasteiger partial charge in [0.2, 0.25) is 0 Å². The summed E-state index contributed by atoms with van der Waals surface area (Å²) in [4.78, 5) is 15.2. The topological polar surface area (TPSA) is 74.9 Å². The minimum atomic E-state index is -0.0352. The Bertz CT molecular complexity index is 1580. The molecule has 0 bridgehead atoms. The van der Waals surface area contributed by atoms with Gasteiger partial charge in [0.05, 0.1) is 25.2 Å². The normalized spacial score (nSPS) is 14.4. The van der Waals surface area contributed by atoms with Gasteiger partial charge in [0.1, 0.15) is 5.58 Å². The smallest absolute Gasteiger partial charge is 0.200 e. The van der Waals surface area contributed by atoms with Gasteiger partial charge in [0.25, 0.3) is 0 Å². The second-order valence-electron chi connectivity index (χ2n) is 8.71. The van der Waals surface area contributed by atoms with Crippen LogP contribution in [0, 0.1) is 0 Å². The highest BCUT2D eigenvalue weighted by atomic mass is 32.1. The molecule has 0 amide bonds. The Morgan fingerprint density at radius 3 is 2.66 bits per heavy atom. The summed E-state index contributed by atoms with van der Waals surface area (Å²) < 4.78 is 14.3. The van der Waals surface area contributed by atoms with Crippen molar-refractivity contribution in [2.24, 2.45) is 0 Å². The van der Waals surface area contributed by atoms with E-state index in [1.165, 1.54) is 25.7 Å². The summed E-state index contributed by atoms with van der Waals surface area (Å²) in [6.45, 7) is 3.97. The Hall–Kier alpha value is -3.23. The fourth-order valence-corrected chi connectivity index (χ4v) is 6.15. The summed E-state index contributed by atoms with van der Waals surface area (Å²) in [6, 6.07) is 20.1. The van der Waals surface area contributed by atoms with Crippen molar-refractivity contribution >= 4 is 48.4 Å². The van der Waals surface area contributed by atoms with Crippen molar-refractivity contribution in [1.82, 2.24) is 5.32 Å². The summed E-state index contributed by atoms with van der Waals surface area (Å²) >= 11 is 1.76. The lowest BCUT2D eigenvalue weighted by Gasteiger charge is -2.27. The van der Waals surface area contributed by atoms with Gasteiger partial charge in [0, 0.05) is 63.5 Å². The second-order valence-corrected chi connectivity index (χ2v) is 9.76. The SMILES string of the molecule is O=c1cc(N2CCOCC2)oc2c(-c3ccc(CNCCO)c4c3sc3ccccc34)cccc12. The van der Waals surface area contributed by atoms with Gasteiger partial charge in [-0.15, -0.1) is 11.3 Å². The number of rotatable bonds is 6. The van der Waals surface area contributed by atoms with Crippen molar-refractivity contribution in [3.63, 3.8) is 0 Å². The van der Waals surface area contributed by atoms with E-state index in [1.54, 1.807) is 17.4 Å². The lowest BCUT2D eigenvalue weighted by molar-refractivity contribution is 0.121. The Morgan fingerprint density at radius 1 is 0.971 bits per heavy atom. The molecule has 6 rings (SSSR count). The first kappa shape index (κ1) is 22.2. The molecule has 1 fully saturated rings. The Labute approximate surface area is 206 Å². The minimum Gasteiger partial charge on any atom is -0.440 e. The molecular formula is C28H26N2O4S. The van der Waals surface area contributed by atoms with Crippen LogP contribution in [0.2, 0.25) is 0 Å². The largest absolute Gasteiger partial charge is 0.440 e. The summed E-state index contributed by atoms with van der Waals surface area (Å²) in [5, 5.41) is 15.5. The van der Waals surface area contributed by atoms with Crippen LogP contribution in [0.15, 0.2) is 69.9 Å². The van der Waals surface area contributed by atoms with Gasteiger partial charge in [-0.25, -0.2) is 0 Å². The summed E-state index contributed by atoms with van der Waals surface area (Å²) in [5.74, 6) is 0.593. The van der Waals surface area contributed by atoms with E-state index in [-0.39, 0.29) is 12.0 Å². The predicted octanol–water partition coefficient (Wildman–Crippen LogP) is 4.75. The van der Waals surface area contributed by atoms with Crippen molar-refractivity contribution in [1.29, 1.82) is 0 Å². The van der Waals surface area contributed by atoms with Gasteiger partial charge in [-0.3, -0.25) is 4.79 Å². The van der Waals surface area contributed by atoms with Crippen molar-refractivity contribution in [2.75, 3.05) is 44.4 Å². The number of nitrogens with one attached hydrogen (secondary N) is 1. The zero-order valence-electron chi connectivity index (χ0n) is 19.3. The van der Waals surface area contributed by atoms with E-state index in [4.69, 9.17) is 9.15 Å². The van der Waals surface area contributed by atoms with Gasteiger partial charge < -0.3 is 24.5 Å². The molecule has 7 heteroatoms. The molecule has 3 aromatic carbocycles. The first-order valence-electron chi connectivity index (χ1n) is 11.9. The van der Waals surface area contributed by atoms with Crippen LogP contribution in [-0.4, -0.2) is 44.6 Å². The van der Waals surface area contributed by atoms with Gasteiger partial charge in [-0.1, -0.05) is 42.5 Å². The number of thiophene rings is 1. The van der Waals surface area contributed by atoms with E-state index < -0.39 is 0 Å². The maximum atomic E-state index is 13.1. The number of morpholine rings is 1. The van der Waals surface area contributed by atoms with Gasteiger partial charge in [-0.05, 0) is 17.7 Å². The van der Waals surface area contributed by atoms with Crippen molar-refractivity contribution in [3.05, 3.63) is 76.5 Å². The molecule has 0 radical (unpaired) electrons. The molecule has 35 heavy (non-hydrogen) atoms. The van der Waals surface area contributed by atoms with Crippen LogP contribution >= 0.6 is 11.3 Å². The van der Waals surface area contributed by atoms with E-state index in [2.05, 4.69) is 46.6 Å². The molecule has 0 unspecified atom stereocenters. The zero-order chi connectivity index (χ0) is 23.8. The van der Waals surface area contributed by atoms with E-state index in [9.17, 15) is 9.90 Å². The Balaban J connectivity index is 1.58. The minimum absolute atomic E-state index is 0.0352. The van der Waals surface area contributed by atoms with Crippen LogP contribution in [0.25, 0.3) is 42.3 Å². The monoisotopic (exact) mass is 486 g/mol. The molecule has 5 aromatic rings. The van der Waals surface area contributed by atoms with Gasteiger partial charge in [0.15, 0.2) is 11.3 Å². The predicted molar refractivity (Wildman–Crippen MR) is 143 cm³/mol. The molecule has 3 heterocycles. The molecule has 0 saturated carbocycles. The average molecular weight is 487 g/mol. The van der Waals surface area contributed by atoms with Crippen molar-refractivity contribution in [2.45, 2.75) is 6.54 Å². The Morgan fingerprint density at radius 2 is 1.80 bits per heavy atom. The number of anilines is 1. The van der Waals surface area contributed by atoms with Crippen LogP contribution in [0.5, 0.6) is 0 Å². The highest BCUT2D eigenvalue weighted by Crippen LogP contribution is 2.43. The van der Waals surface area contributed by atoms with E-state index in [1.807, 2.05) is 18.2 Å². The lowest BCUT2D eigenvalue weighted by atomic mass is 9.97. The number of aliphatic hydroxyl groups excluding tert-OH is 1. The molecule has 0 atom stereocenters. The molecular weight excluding hydrogens is 460 g/mol. The number of aliphatic hydroxyl groups is 1. The van der Waals surface area contributed by atoms with Crippen LogP contribution in [-0.2, 0) is 11.3 Å². The van der Waals surface area contributed by atoms with Crippen LogP contribution in [0.3, 0.4) is 0 Å². The van der Waals surface area contributed by atoms with E-state index in [0.29, 0.717) is 56.2 Å². The molecule has 1 aliphatic heterocycles. The molecule has 0 aliphatic carbocycles. The number of ether oxygens (including phenoxy) is 1. The van der Waals surface area contributed by atoms with E-state index in [0.717, 1.165) is 11.1 Å². The summed E-state index contributed by atoms with van der Waals surface area (Å²) in [7, 11) is 0. The summed E-state index contributed by atoms with van der Waals surface area (Å²) in [5.41, 5.74) is 3.74. The standard InChI is InChI=1S/C28H26N2O4S/c31-13-10-29-17-18-8-9-20(28-26(18)22-4-1-2-7-24(22)35-28)19-5-3-6-21-23(32)16-25(34-27(19)21)30-11-14-33-15-12-30/h1-9,16,29,31H,10-15,17H2. The summed E-state index contributed by atoms with van der Waals surface area (Å²) in [6.07, 6.45) is 0. The number of hydrogen-bond donors (Lipinski definition) is 2. The average Bonchev–Trinajstić information content (AvgIpc) is 3.29. The first-order valence-corrected chi connectivity index (χ1v) is 12.7. The number of benzene rings is 3. The third-order valence-electron chi connectivity index (χ3n) is 6.57. The fraction of sp³-hybridized carbons (Fsp3) is 0.250. The third-order valence-corrected chi connectivity index (χ3v) is 7.78. The van der Waals surface area contributed by atoms with Crippen LogP contribution in [0.4, 0.5) is 5.88 Å². The van der Waals surface area contributed by atoms with Crippen molar-refractivity contribution < 1.29 is 14.3 Å². The molecule has 1 aliphatic rings. The van der Waals surface area contributed by atoms with Gasteiger partial charge >= 0.3 is 0 Å². The molecule has 0 spiro atoms. The number of fused-ring (bicyclic) bond motifs is 4. The molecule has 1 saturated heterocycles. The van der Waals surface area contributed by atoms with Crippen LogP contribution < -0.4 is 15.6 Å². The quantitative estimate of drug-likeness (QED) is 0.338. The molecule has 6 nitrogen and oxygen atoms in total. The number of nitrogens with zero attached hydrogens (tertiary/aromatic N) is 1. The maximum absolute atomic E-state index is 13.1. The Kier molecular flexibility index (Phi) is 6.00. The van der Waals surface area contributed by atoms with E-state index >= 15 is 0 Å². The number of para-hydroxylation sites is 1. The molecule has 178 valence electrons. The first-order chi connectivity index (χ1) is 17.2. The van der Waals surface area contributed by atoms with Crippen molar-refractivity contribution in [3.8, 4) is 11.1 Å². The second kappa shape index (κ2) is 9.43.